The molecule has 0 spiro atoms. The highest BCUT2D eigenvalue weighted by Gasteiger charge is 2.33. The van der Waals surface area contributed by atoms with E-state index < -0.39 is 18.0 Å². The number of hydrogen-bond acceptors (Lipinski definition) is 8. The lowest BCUT2D eigenvalue weighted by Crippen LogP contribution is -2.39. The Morgan fingerprint density at radius 3 is 2.77 bits per heavy atom. The number of hydrogen-bond donors (Lipinski definition) is 1. The fourth-order valence-corrected chi connectivity index (χ4v) is 3.11. The Hall–Kier alpha value is -3.37. The van der Waals surface area contributed by atoms with Crippen LogP contribution in [0, 0.1) is 5.82 Å². The molecule has 30 heavy (non-hydrogen) atoms. The Bertz CT molecular complexity index is 849. The number of hydrazone groups is 1. The van der Waals surface area contributed by atoms with Gasteiger partial charge in [0.2, 0.25) is 5.91 Å². The Morgan fingerprint density at radius 2 is 2.13 bits per heavy atom. The second-order valence-corrected chi connectivity index (χ2v) is 6.91. The minimum atomic E-state index is -0.583. The highest BCUT2D eigenvalue weighted by molar-refractivity contribution is 5.90. The molecule has 2 aliphatic heterocycles. The van der Waals surface area contributed by atoms with Gasteiger partial charge in [-0.1, -0.05) is 0 Å². The number of cyclic esters (lactones) is 1. The number of amides is 2. The van der Waals surface area contributed by atoms with Crippen molar-refractivity contribution in [2.45, 2.75) is 20.0 Å². The molecule has 10 nitrogen and oxygen atoms in total. The van der Waals surface area contributed by atoms with Crippen LogP contribution in [0.15, 0.2) is 23.3 Å². The molecule has 1 fully saturated rings. The summed E-state index contributed by atoms with van der Waals surface area (Å²) >= 11 is 0. The van der Waals surface area contributed by atoms with Crippen molar-refractivity contribution >= 4 is 35.7 Å². The van der Waals surface area contributed by atoms with E-state index in [1.807, 2.05) is 0 Å². The van der Waals surface area contributed by atoms with Crippen molar-refractivity contribution < 1.29 is 28.2 Å². The molecule has 162 valence electrons. The molecule has 3 rings (SSSR count). The number of halogens is 1. The van der Waals surface area contributed by atoms with Gasteiger partial charge < -0.3 is 19.7 Å². The fourth-order valence-electron chi connectivity index (χ4n) is 3.11. The molecule has 0 aliphatic carbocycles. The first-order valence-corrected chi connectivity index (χ1v) is 9.54. The summed E-state index contributed by atoms with van der Waals surface area (Å²) < 4.78 is 24.8. The SMILES string of the molecule is CC(=O)NC[C@H]1CN(c2ccc(N3C=NN(CCOC(C)=O)CC3)c(F)c2)C(=O)O1. The maximum absolute atomic E-state index is 14.7. The molecule has 11 heteroatoms. The number of nitrogens with one attached hydrogen (secondary N) is 1. The third-order valence-corrected chi connectivity index (χ3v) is 4.61. The van der Waals surface area contributed by atoms with E-state index in [0.717, 1.165) is 0 Å². The van der Waals surface area contributed by atoms with Gasteiger partial charge in [0.05, 0.1) is 37.6 Å². The number of rotatable bonds is 7. The van der Waals surface area contributed by atoms with Crippen molar-refractivity contribution in [2.24, 2.45) is 5.10 Å². The second kappa shape index (κ2) is 9.42. The predicted molar refractivity (Wildman–Crippen MR) is 107 cm³/mol. The van der Waals surface area contributed by atoms with Crippen LogP contribution in [0.2, 0.25) is 0 Å². The molecular formula is C19H24FN5O5. The quantitative estimate of drug-likeness (QED) is 0.653. The second-order valence-electron chi connectivity index (χ2n) is 6.91. The lowest BCUT2D eigenvalue weighted by atomic mass is 10.2. The number of nitrogens with zero attached hydrogens (tertiary/aromatic N) is 4. The van der Waals surface area contributed by atoms with Crippen LogP contribution in [0.25, 0.3) is 0 Å². The molecule has 1 aromatic carbocycles. The highest BCUT2D eigenvalue weighted by atomic mass is 19.1. The van der Waals surface area contributed by atoms with Crippen molar-refractivity contribution in [1.29, 1.82) is 0 Å². The lowest BCUT2D eigenvalue weighted by molar-refractivity contribution is -0.141. The zero-order valence-electron chi connectivity index (χ0n) is 16.8. The average molecular weight is 421 g/mol. The van der Waals surface area contributed by atoms with Gasteiger partial charge in [0, 0.05) is 20.4 Å². The summed E-state index contributed by atoms with van der Waals surface area (Å²) in [5.41, 5.74) is 0.716. The van der Waals surface area contributed by atoms with E-state index in [9.17, 15) is 18.8 Å². The van der Waals surface area contributed by atoms with Gasteiger partial charge in [-0.3, -0.25) is 19.5 Å². The largest absolute Gasteiger partial charge is 0.464 e. The molecule has 1 saturated heterocycles. The standard InChI is InChI=1S/C19H24FN5O5/c1-13(26)21-10-16-11-25(19(28)30-16)15-3-4-18(17(20)9-15)23-5-6-24(22-12-23)7-8-29-14(2)27/h3-4,9,12,16H,5-8,10-11H2,1-2H3,(H,21,26)/t16-/m0/s1. The molecule has 0 saturated carbocycles. The van der Waals surface area contributed by atoms with Crippen LogP contribution in [0.4, 0.5) is 20.6 Å². The van der Waals surface area contributed by atoms with Gasteiger partial charge in [0.1, 0.15) is 24.9 Å². The molecule has 1 atom stereocenters. The van der Waals surface area contributed by atoms with E-state index in [1.54, 1.807) is 22.0 Å². The normalized spacial score (nSPS) is 18.4. The summed E-state index contributed by atoms with van der Waals surface area (Å²) in [6.07, 6.45) is 0.444. The van der Waals surface area contributed by atoms with Gasteiger partial charge in [0.15, 0.2) is 0 Å². The number of carbonyl (C=O) groups is 3. The van der Waals surface area contributed by atoms with Crippen molar-refractivity contribution in [1.82, 2.24) is 10.3 Å². The molecule has 0 aromatic heterocycles. The van der Waals surface area contributed by atoms with E-state index in [2.05, 4.69) is 10.4 Å². The molecule has 1 N–H and O–H groups in total. The molecule has 2 amide bonds. The van der Waals surface area contributed by atoms with Crippen LogP contribution in [0.1, 0.15) is 13.8 Å². The first-order valence-electron chi connectivity index (χ1n) is 9.54. The van der Waals surface area contributed by atoms with Crippen molar-refractivity contribution in [3.63, 3.8) is 0 Å². The Balaban J connectivity index is 1.60. The molecule has 1 aromatic rings. The van der Waals surface area contributed by atoms with E-state index in [4.69, 9.17) is 9.47 Å². The Labute approximate surface area is 173 Å². The summed E-state index contributed by atoms with van der Waals surface area (Å²) in [5, 5.41) is 8.57. The number of esters is 1. The zero-order chi connectivity index (χ0) is 21.7. The first-order chi connectivity index (χ1) is 14.3. The minimum Gasteiger partial charge on any atom is -0.464 e. The fraction of sp³-hybridized carbons (Fsp3) is 0.474. The van der Waals surface area contributed by atoms with E-state index >= 15 is 0 Å². The van der Waals surface area contributed by atoms with Gasteiger partial charge in [-0.25, -0.2) is 9.18 Å². The zero-order valence-corrected chi connectivity index (χ0v) is 16.8. The number of anilines is 2. The summed E-state index contributed by atoms with van der Waals surface area (Å²) in [7, 11) is 0. The number of benzene rings is 1. The molecule has 2 aliphatic rings. The maximum atomic E-state index is 14.7. The third kappa shape index (κ3) is 5.37. The van der Waals surface area contributed by atoms with Crippen LogP contribution >= 0.6 is 0 Å². The van der Waals surface area contributed by atoms with E-state index in [1.165, 1.54) is 31.2 Å². The van der Waals surface area contributed by atoms with Crippen LogP contribution in [-0.4, -0.2) is 74.8 Å². The molecule has 0 radical (unpaired) electrons. The van der Waals surface area contributed by atoms with Crippen molar-refractivity contribution in [2.75, 3.05) is 49.1 Å². The van der Waals surface area contributed by atoms with Crippen LogP contribution < -0.4 is 15.1 Å². The molecule has 2 heterocycles. The summed E-state index contributed by atoms with van der Waals surface area (Å²) in [6, 6.07) is 4.50. The maximum Gasteiger partial charge on any atom is 0.414 e. The Kier molecular flexibility index (Phi) is 6.70. The van der Waals surface area contributed by atoms with Gasteiger partial charge in [-0.15, -0.1) is 0 Å². The van der Waals surface area contributed by atoms with Crippen LogP contribution in [0.5, 0.6) is 0 Å². The Morgan fingerprint density at radius 1 is 1.33 bits per heavy atom. The molecule has 0 unspecified atom stereocenters. The first kappa shape index (κ1) is 21.3. The predicted octanol–water partition coefficient (Wildman–Crippen LogP) is 0.915. The summed E-state index contributed by atoms with van der Waals surface area (Å²) in [4.78, 5) is 36.9. The molecule has 0 bridgehead atoms. The third-order valence-electron chi connectivity index (χ3n) is 4.61. The number of carbonyl (C=O) groups excluding carboxylic acids is 3. The topological polar surface area (TPSA) is 104 Å². The monoisotopic (exact) mass is 421 g/mol. The summed E-state index contributed by atoms with van der Waals surface area (Å²) in [5.74, 6) is -1.05. The van der Waals surface area contributed by atoms with Crippen LogP contribution in [-0.2, 0) is 19.1 Å². The van der Waals surface area contributed by atoms with Crippen molar-refractivity contribution in [3.05, 3.63) is 24.0 Å². The highest BCUT2D eigenvalue weighted by Crippen LogP contribution is 2.28. The van der Waals surface area contributed by atoms with E-state index in [-0.39, 0.29) is 31.6 Å². The minimum absolute atomic E-state index is 0.205. The van der Waals surface area contributed by atoms with Gasteiger partial charge in [-0.05, 0) is 18.2 Å². The smallest absolute Gasteiger partial charge is 0.414 e. The van der Waals surface area contributed by atoms with Gasteiger partial charge >= 0.3 is 12.1 Å². The van der Waals surface area contributed by atoms with Gasteiger partial charge in [0.25, 0.3) is 0 Å². The van der Waals surface area contributed by atoms with Crippen molar-refractivity contribution in [3.8, 4) is 0 Å². The lowest BCUT2D eigenvalue weighted by Gasteiger charge is -2.30. The average Bonchev–Trinajstić information content (AvgIpc) is 3.07. The van der Waals surface area contributed by atoms with Crippen LogP contribution in [0.3, 0.4) is 0 Å². The molecular weight excluding hydrogens is 397 g/mol. The number of ether oxygens (including phenoxy) is 2. The summed E-state index contributed by atoms with van der Waals surface area (Å²) in [6.45, 7) is 4.90. The van der Waals surface area contributed by atoms with E-state index in [0.29, 0.717) is 31.0 Å². The van der Waals surface area contributed by atoms with Gasteiger partial charge in [-0.2, -0.15) is 5.10 Å².